The molecule has 0 saturated heterocycles. The summed E-state index contributed by atoms with van der Waals surface area (Å²) in [6, 6.07) is 134. The van der Waals surface area contributed by atoms with Gasteiger partial charge in [-0.05, 0) is 104 Å². The van der Waals surface area contributed by atoms with Gasteiger partial charge in [-0.25, -0.2) is 0 Å². The maximum atomic E-state index is 12.7. The van der Waals surface area contributed by atoms with Crippen LogP contribution in [0.3, 0.4) is 0 Å². The number of ether oxygens (including phenoxy) is 1. The van der Waals surface area contributed by atoms with E-state index < -0.39 is 11.4 Å². The van der Waals surface area contributed by atoms with Gasteiger partial charge >= 0.3 is 11.9 Å². The zero-order chi connectivity index (χ0) is 87.6. The number of esters is 1. The quantitative estimate of drug-likeness (QED) is 0.0357. The number of aliphatic carboxylic acids is 1. The Hall–Kier alpha value is -6.78. The molecule has 0 unspecified atom stereocenters. The molecular formula is C117H160O4Y4-4. The summed E-state index contributed by atoms with van der Waals surface area (Å²) >= 11 is 0. The first-order chi connectivity index (χ1) is 57.6. The van der Waals surface area contributed by atoms with Crippen molar-refractivity contribution < 1.29 is 150 Å². The molecule has 0 fully saturated rings. The number of benzene rings is 13. The van der Waals surface area contributed by atoms with Crippen LogP contribution in [0.15, 0.2) is 388 Å². The van der Waals surface area contributed by atoms with Crippen molar-refractivity contribution in [3.8, 4) is 11.1 Å². The molecule has 8 heteroatoms. The van der Waals surface area contributed by atoms with Gasteiger partial charge in [0.2, 0.25) is 0 Å². The normalized spacial score (nSPS) is 8.84. The zero-order valence-electron chi connectivity index (χ0n) is 82.3. The molecule has 0 aliphatic heterocycles. The van der Waals surface area contributed by atoms with E-state index in [1.807, 2.05) is 255 Å². The van der Waals surface area contributed by atoms with Crippen LogP contribution in [0.25, 0.3) is 11.1 Å². The van der Waals surface area contributed by atoms with Crippen LogP contribution in [0, 0.1) is 29.7 Å². The molecule has 0 atom stereocenters. The maximum Gasteiger partial charge on any atom is 0.320 e. The molecule has 0 spiro atoms. The fraction of sp³-hybridized carbons (Fsp3) is 0.282. The van der Waals surface area contributed by atoms with Crippen LogP contribution >= 0.6 is 0 Å². The van der Waals surface area contributed by atoms with Crippen LogP contribution in [-0.4, -0.2) is 23.7 Å². The largest absolute Gasteiger partial charge is 0.481 e. The summed E-state index contributed by atoms with van der Waals surface area (Å²) in [5.41, 5.74) is 16.4. The number of carboxylic acids is 1. The van der Waals surface area contributed by atoms with Crippen LogP contribution in [0.2, 0.25) is 0 Å². The topological polar surface area (TPSA) is 63.6 Å². The summed E-state index contributed by atoms with van der Waals surface area (Å²) in [7, 11) is 0. The van der Waals surface area contributed by atoms with E-state index in [-0.39, 0.29) is 190 Å². The van der Waals surface area contributed by atoms with Crippen molar-refractivity contribution in [2.75, 3.05) is 6.61 Å². The van der Waals surface area contributed by atoms with Gasteiger partial charge in [0.05, 0.1) is 6.61 Å². The monoisotopic (exact) mass is 1980 g/mol. The standard InChI is InChI=1S/C32H26.C19H22O2.C17H18O2.C13H12.C12H10.10C2H6.4CH3.4Y/c1-5-13-25(14-6-1)31(26-15-7-2-8-16-26)29-21-23-30(24-22-29)32(27-17-9-3-10-18-27)28-19-11-4-12-20-28;1-3-4-15-21-18(20)19(2,16-11-7-5-8-12-16)17-13-9-6-10-14-17;1-17(13-12-16(18)19,14-8-4-2-5-9-14)15-10-6-3-7-11-15;1-3-7-12(8-4-1)11-13-9-5-2-6-10-13;1-3-7-11(8-4-1)12-9-5-2-6-10-12;10*1-2;;;;;;;;/h1-24,31-32H;5-14H,3-4,15H2,1-2H3;2-11H,12-13H2,1H3,(H,18,19);1-10H,11H2;1-10H;10*1-2H3;4*1H3;;;;/q;;;;;;;;;;;;;;;4*-1;;;;. The summed E-state index contributed by atoms with van der Waals surface area (Å²) in [6.07, 6.45) is 3.70. The van der Waals surface area contributed by atoms with Crippen molar-refractivity contribution in [2.24, 2.45) is 0 Å². The van der Waals surface area contributed by atoms with Gasteiger partial charge in [0, 0.05) is 155 Å². The van der Waals surface area contributed by atoms with Crippen molar-refractivity contribution >= 4 is 11.9 Å². The number of unbranched alkanes of at least 4 members (excludes halogenated alkanes) is 1. The molecule has 0 saturated carbocycles. The first-order valence-corrected chi connectivity index (χ1v) is 43.7. The van der Waals surface area contributed by atoms with Gasteiger partial charge in [-0.3, -0.25) is 9.59 Å². The molecule has 0 aliphatic carbocycles. The van der Waals surface area contributed by atoms with Gasteiger partial charge in [-0.1, -0.05) is 547 Å². The van der Waals surface area contributed by atoms with E-state index in [2.05, 4.69) is 293 Å². The summed E-state index contributed by atoms with van der Waals surface area (Å²) in [6.45, 7) is 46.6. The van der Waals surface area contributed by atoms with E-state index in [0.29, 0.717) is 13.0 Å². The molecule has 13 aromatic rings. The van der Waals surface area contributed by atoms with E-state index in [4.69, 9.17) is 9.84 Å². The van der Waals surface area contributed by atoms with Gasteiger partial charge < -0.3 is 39.6 Å². The Kier molecular flexibility index (Phi) is 104. The number of carbonyl (C=O) groups is 2. The summed E-state index contributed by atoms with van der Waals surface area (Å²) in [4.78, 5) is 23.6. The smallest absolute Gasteiger partial charge is 0.320 e. The fourth-order valence-corrected chi connectivity index (χ4v) is 12.1. The first kappa shape index (κ1) is 139. The molecule has 668 valence electrons. The van der Waals surface area contributed by atoms with Gasteiger partial charge in [-0.2, -0.15) is 0 Å². The second-order valence-electron chi connectivity index (χ2n) is 24.4. The summed E-state index contributed by atoms with van der Waals surface area (Å²) < 4.78 is 5.52. The molecule has 13 rings (SSSR count). The van der Waals surface area contributed by atoms with E-state index in [9.17, 15) is 9.59 Å². The Labute approximate surface area is 868 Å². The van der Waals surface area contributed by atoms with Gasteiger partial charge in [0.1, 0.15) is 5.41 Å². The predicted octanol–water partition coefficient (Wildman–Crippen LogP) is 34.9. The van der Waals surface area contributed by atoms with Crippen LogP contribution in [0.1, 0.15) is 264 Å². The van der Waals surface area contributed by atoms with Crippen molar-refractivity contribution in [3.05, 3.63) is 485 Å². The van der Waals surface area contributed by atoms with E-state index in [1.54, 1.807) is 0 Å². The summed E-state index contributed by atoms with van der Waals surface area (Å²) in [5.74, 6) is -0.497. The minimum Gasteiger partial charge on any atom is -0.481 e. The third-order valence-electron chi connectivity index (χ3n) is 17.6. The second kappa shape index (κ2) is 93.4. The van der Waals surface area contributed by atoms with Gasteiger partial charge in [-0.15, -0.1) is 0 Å². The fourth-order valence-electron chi connectivity index (χ4n) is 12.1. The first-order valence-electron chi connectivity index (χ1n) is 43.7. The number of rotatable bonds is 20. The Morgan fingerprint density at radius 2 is 0.472 bits per heavy atom. The molecule has 13 aromatic carbocycles. The summed E-state index contributed by atoms with van der Waals surface area (Å²) in [5, 5.41) is 8.97. The van der Waals surface area contributed by atoms with Crippen LogP contribution < -0.4 is 0 Å². The Bertz CT molecular complexity index is 3950. The Balaban J connectivity index is -0.000000159. The van der Waals surface area contributed by atoms with Gasteiger partial charge in [0.15, 0.2) is 0 Å². The molecular weight excluding hydrogens is 1820 g/mol. The van der Waals surface area contributed by atoms with E-state index >= 15 is 0 Å². The predicted molar refractivity (Wildman–Crippen MR) is 542 cm³/mol. The molecule has 1 N–H and O–H groups in total. The van der Waals surface area contributed by atoms with Crippen molar-refractivity contribution in [1.82, 2.24) is 0 Å². The molecule has 125 heavy (non-hydrogen) atoms. The molecule has 0 aliphatic rings. The molecule has 4 nitrogen and oxygen atoms in total. The SMILES string of the molecule is CC.CC.CC.CC.CC.CC.CC.CC.CC.CC.CC(CCC(=O)O)(c1ccccc1)c1ccccc1.CCCCOC(=O)C(C)(c1ccccc1)c1ccccc1.[CH3-].[CH3-].[CH3-].[CH3-].[Y].[Y].[Y].[Y].c1ccc(-c2ccccc2)cc1.c1ccc(C(c2ccccc2)c2ccc(C(c3ccccc3)c3ccccc3)cc2)cc1.c1ccc(Cc2ccccc2)cc1. The molecule has 0 bridgehead atoms. The van der Waals surface area contributed by atoms with E-state index in [0.717, 1.165) is 41.5 Å². The number of carbonyl (C=O) groups excluding carboxylic acids is 1. The molecule has 4 radical (unpaired) electrons. The van der Waals surface area contributed by atoms with Crippen LogP contribution in [-0.2, 0) is 162 Å². The van der Waals surface area contributed by atoms with Crippen LogP contribution in [0.5, 0.6) is 0 Å². The number of hydrogen-bond acceptors (Lipinski definition) is 3. The maximum absolute atomic E-state index is 12.7. The third kappa shape index (κ3) is 52.5. The Morgan fingerprint density at radius 3 is 0.688 bits per heavy atom. The second-order valence-corrected chi connectivity index (χ2v) is 24.4. The zero-order valence-corrected chi connectivity index (χ0v) is 93.7. The van der Waals surface area contributed by atoms with Crippen molar-refractivity contribution in [2.45, 2.75) is 214 Å². The average molecular weight is 1990 g/mol. The van der Waals surface area contributed by atoms with Gasteiger partial charge in [0.25, 0.3) is 0 Å². The van der Waals surface area contributed by atoms with Crippen molar-refractivity contribution in [1.29, 1.82) is 0 Å². The average Bonchev–Trinajstić information content (AvgIpc) is 0.770. The minimum absolute atomic E-state index is 0. The van der Waals surface area contributed by atoms with Crippen LogP contribution in [0.4, 0.5) is 0 Å². The Morgan fingerprint density at radius 1 is 0.280 bits per heavy atom. The number of carboxylic acid groups (broad SMARTS) is 1. The molecule has 0 aromatic heterocycles. The third-order valence-corrected chi connectivity index (χ3v) is 17.6. The minimum atomic E-state index is -0.768. The van der Waals surface area contributed by atoms with E-state index in [1.165, 1.54) is 55.6 Å². The number of hydrogen-bond donors (Lipinski definition) is 1. The molecule has 0 heterocycles. The van der Waals surface area contributed by atoms with Crippen molar-refractivity contribution in [3.63, 3.8) is 0 Å². The molecule has 0 amide bonds.